The molecular formula is C18H18N6O2. The molecule has 2 aromatic heterocycles. The molecule has 8 nitrogen and oxygen atoms in total. The minimum atomic E-state index is -0.393. The van der Waals surface area contributed by atoms with E-state index in [1.54, 1.807) is 30.5 Å². The summed E-state index contributed by atoms with van der Waals surface area (Å²) in [6.07, 6.45) is 3.11. The average molecular weight is 350 g/mol. The van der Waals surface area contributed by atoms with E-state index in [2.05, 4.69) is 30.3 Å². The zero-order chi connectivity index (χ0) is 18.5. The number of rotatable bonds is 5. The highest BCUT2D eigenvalue weighted by atomic mass is 16.5. The van der Waals surface area contributed by atoms with Gasteiger partial charge in [-0.05, 0) is 48.9 Å². The Hall–Kier alpha value is -3.68. The van der Waals surface area contributed by atoms with E-state index in [0.717, 1.165) is 11.3 Å². The summed E-state index contributed by atoms with van der Waals surface area (Å²) in [6, 6.07) is 10.6. The molecule has 3 rings (SSSR count). The van der Waals surface area contributed by atoms with Crippen LogP contribution in [0.2, 0.25) is 0 Å². The van der Waals surface area contributed by atoms with Crippen LogP contribution < -0.4 is 16.4 Å². The molecule has 8 heteroatoms. The Morgan fingerprint density at radius 1 is 1.04 bits per heavy atom. The summed E-state index contributed by atoms with van der Waals surface area (Å²) in [4.78, 5) is 24.0. The van der Waals surface area contributed by atoms with Gasteiger partial charge in [0.05, 0.1) is 12.7 Å². The maximum Gasteiger partial charge on any atom is 0.337 e. The van der Waals surface area contributed by atoms with Crippen molar-refractivity contribution in [1.82, 2.24) is 15.0 Å². The number of aryl methyl sites for hydroxylation is 1. The van der Waals surface area contributed by atoms with Gasteiger partial charge in [0.2, 0.25) is 0 Å². The van der Waals surface area contributed by atoms with Crippen molar-refractivity contribution in [3.8, 4) is 0 Å². The van der Waals surface area contributed by atoms with Crippen molar-refractivity contribution in [3.05, 3.63) is 60.0 Å². The van der Waals surface area contributed by atoms with E-state index in [1.807, 2.05) is 19.1 Å². The maximum atomic E-state index is 11.5. The molecule has 0 radical (unpaired) electrons. The van der Waals surface area contributed by atoms with E-state index in [-0.39, 0.29) is 0 Å². The second-order valence-corrected chi connectivity index (χ2v) is 5.52. The van der Waals surface area contributed by atoms with Crippen LogP contribution in [0.1, 0.15) is 15.9 Å². The second-order valence-electron chi connectivity index (χ2n) is 5.52. The van der Waals surface area contributed by atoms with Gasteiger partial charge in [-0.2, -0.15) is 0 Å². The predicted octanol–water partition coefficient (Wildman–Crippen LogP) is 3.04. The van der Waals surface area contributed by atoms with Gasteiger partial charge < -0.3 is 21.1 Å². The molecule has 0 atom stereocenters. The van der Waals surface area contributed by atoms with Crippen LogP contribution in [0.15, 0.2) is 48.9 Å². The van der Waals surface area contributed by atoms with E-state index in [1.165, 1.54) is 13.4 Å². The number of nitrogens with zero attached hydrogens (tertiary/aromatic N) is 3. The second kappa shape index (κ2) is 7.47. The first-order valence-corrected chi connectivity index (χ1v) is 7.82. The summed E-state index contributed by atoms with van der Waals surface area (Å²) in [7, 11) is 1.34. The molecule has 132 valence electrons. The fourth-order valence-electron chi connectivity index (χ4n) is 2.26. The first-order valence-electron chi connectivity index (χ1n) is 7.82. The minimum absolute atomic E-state index is 0.354. The van der Waals surface area contributed by atoms with E-state index < -0.39 is 5.97 Å². The number of hydrogen-bond donors (Lipinski definition) is 3. The molecule has 4 N–H and O–H groups in total. The lowest BCUT2D eigenvalue weighted by atomic mass is 10.2. The van der Waals surface area contributed by atoms with Crippen LogP contribution in [0.5, 0.6) is 0 Å². The third-order valence-corrected chi connectivity index (χ3v) is 3.61. The lowest BCUT2D eigenvalue weighted by Crippen LogP contribution is -2.06. The summed E-state index contributed by atoms with van der Waals surface area (Å²) in [6.45, 7) is 1.97. The number of ether oxygens (including phenoxy) is 1. The molecule has 1 aromatic carbocycles. The summed E-state index contributed by atoms with van der Waals surface area (Å²) >= 11 is 0. The van der Waals surface area contributed by atoms with Crippen molar-refractivity contribution in [2.75, 3.05) is 23.5 Å². The molecule has 3 aromatic rings. The van der Waals surface area contributed by atoms with E-state index >= 15 is 0 Å². The van der Waals surface area contributed by atoms with Crippen LogP contribution in [0.4, 0.5) is 28.8 Å². The zero-order valence-electron chi connectivity index (χ0n) is 14.4. The topological polar surface area (TPSA) is 115 Å². The van der Waals surface area contributed by atoms with Gasteiger partial charge in [-0.1, -0.05) is 0 Å². The molecule has 0 bridgehead atoms. The van der Waals surface area contributed by atoms with Crippen LogP contribution in [0.25, 0.3) is 0 Å². The van der Waals surface area contributed by atoms with Crippen molar-refractivity contribution in [2.45, 2.75) is 6.92 Å². The highest BCUT2D eigenvalue weighted by Gasteiger charge is 2.10. The largest absolute Gasteiger partial charge is 0.465 e. The molecule has 0 fully saturated rings. The molecular weight excluding hydrogens is 332 g/mol. The van der Waals surface area contributed by atoms with E-state index in [4.69, 9.17) is 5.73 Å². The summed E-state index contributed by atoms with van der Waals surface area (Å²) in [5, 5.41) is 6.19. The number of benzene rings is 1. The van der Waals surface area contributed by atoms with Gasteiger partial charge in [0.15, 0.2) is 11.6 Å². The molecule has 0 aliphatic carbocycles. The van der Waals surface area contributed by atoms with Gasteiger partial charge >= 0.3 is 5.97 Å². The van der Waals surface area contributed by atoms with Gasteiger partial charge in [0.25, 0.3) is 0 Å². The summed E-state index contributed by atoms with van der Waals surface area (Å²) in [5.74, 6) is 1.15. The Morgan fingerprint density at radius 3 is 2.38 bits per heavy atom. The highest BCUT2D eigenvalue weighted by Crippen LogP contribution is 2.27. The Balaban J connectivity index is 1.79. The van der Waals surface area contributed by atoms with Gasteiger partial charge in [-0.3, -0.25) is 0 Å². The summed E-state index contributed by atoms with van der Waals surface area (Å²) in [5.41, 5.74) is 8.77. The zero-order valence-corrected chi connectivity index (χ0v) is 14.4. The highest BCUT2D eigenvalue weighted by molar-refractivity contribution is 5.90. The van der Waals surface area contributed by atoms with Crippen molar-refractivity contribution in [2.24, 2.45) is 0 Å². The standard InChI is InChI=1S/C18H18N6O2/c1-11-7-8-20-14(9-11)24-17-15(19)16(21-10-22-17)23-13-5-3-12(4-6-13)18(25)26-2/h3-10H,19H2,1-2H3,(H2,20,21,22,23,24). The van der Waals surface area contributed by atoms with Crippen LogP contribution in [0, 0.1) is 6.92 Å². The number of esters is 1. The fraction of sp³-hybridized carbons (Fsp3) is 0.111. The summed E-state index contributed by atoms with van der Waals surface area (Å²) < 4.78 is 4.68. The molecule has 0 amide bonds. The first-order chi connectivity index (χ1) is 12.6. The molecule has 0 aliphatic rings. The maximum absolute atomic E-state index is 11.5. The number of nitrogen functional groups attached to an aromatic ring is 1. The third kappa shape index (κ3) is 3.86. The first kappa shape index (κ1) is 17.2. The van der Waals surface area contributed by atoms with Gasteiger partial charge in [-0.25, -0.2) is 19.7 Å². The van der Waals surface area contributed by atoms with Crippen LogP contribution in [0.3, 0.4) is 0 Å². The fourth-order valence-corrected chi connectivity index (χ4v) is 2.26. The number of carbonyl (C=O) groups excluding carboxylic acids is 1. The number of carbonyl (C=O) groups is 1. The molecule has 2 heterocycles. The average Bonchev–Trinajstić information content (AvgIpc) is 2.65. The quantitative estimate of drug-likeness (QED) is 0.601. The monoisotopic (exact) mass is 350 g/mol. The van der Waals surface area contributed by atoms with Crippen molar-refractivity contribution in [3.63, 3.8) is 0 Å². The number of methoxy groups -OCH3 is 1. The molecule has 26 heavy (non-hydrogen) atoms. The normalized spacial score (nSPS) is 10.2. The minimum Gasteiger partial charge on any atom is -0.465 e. The Morgan fingerprint density at radius 2 is 1.73 bits per heavy atom. The Kier molecular flexibility index (Phi) is 4.93. The van der Waals surface area contributed by atoms with Crippen LogP contribution >= 0.6 is 0 Å². The van der Waals surface area contributed by atoms with Crippen LogP contribution in [-0.2, 0) is 4.74 Å². The van der Waals surface area contributed by atoms with Crippen molar-refractivity contribution >= 4 is 34.8 Å². The smallest absolute Gasteiger partial charge is 0.337 e. The SMILES string of the molecule is COC(=O)c1ccc(Nc2ncnc(Nc3cc(C)ccn3)c2N)cc1. The van der Waals surface area contributed by atoms with Crippen molar-refractivity contribution in [1.29, 1.82) is 0 Å². The number of anilines is 5. The van der Waals surface area contributed by atoms with Gasteiger partial charge in [-0.15, -0.1) is 0 Å². The number of hydrogen-bond acceptors (Lipinski definition) is 8. The van der Waals surface area contributed by atoms with E-state index in [0.29, 0.717) is 28.7 Å². The number of nitrogens with two attached hydrogens (primary N) is 1. The molecule has 0 spiro atoms. The Bertz CT molecular complexity index is 927. The molecule has 0 unspecified atom stereocenters. The van der Waals surface area contributed by atoms with Crippen molar-refractivity contribution < 1.29 is 9.53 Å². The van der Waals surface area contributed by atoms with Crippen LogP contribution in [-0.4, -0.2) is 28.0 Å². The van der Waals surface area contributed by atoms with Gasteiger partial charge in [0.1, 0.15) is 17.8 Å². The molecule has 0 saturated heterocycles. The lowest BCUT2D eigenvalue weighted by molar-refractivity contribution is 0.0601. The number of pyridine rings is 1. The molecule has 0 saturated carbocycles. The van der Waals surface area contributed by atoms with Gasteiger partial charge in [0, 0.05) is 11.9 Å². The predicted molar refractivity (Wildman–Crippen MR) is 99.8 cm³/mol. The Labute approximate surface area is 150 Å². The lowest BCUT2D eigenvalue weighted by Gasteiger charge is -2.12. The third-order valence-electron chi connectivity index (χ3n) is 3.61. The van der Waals surface area contributed by atoms with E-state index in [9.17, 15) is 4.79 Å². The molecule has 0 aliphatic heterocycles. The number of nitrogens with one attached hydrogen (secondary N) is 2. The number of aromatic nitrogens is 3.